The van der Waals surface area contributed by atoms with Crippen LogP contribution in [0.25, 0.3) is 0 Å². The zero-order valence-electron chi connectivity index (χ0n) is 14.1. The number of carbonyl (C=O) groups is 1. The molecule has 0 aliphatic heterocycles. The second kappa shape index (κ2) is 7.91. The maximum absolute atomic E-state index is 12.9. The Labute approximate surface area is 143 Å². The van der Waals surface area contributed by atoms with Gasteiger partial charge in [0.25, 0.3) is 5.91 Å². The van der Waals surface area contributed by atoms with Crippen LogP contribution in [-0.4, -0.2) is 11.6 Å². The molecule has 3 rings (SSSR count). The molecule has 1 aliphatic rings. The molecule has 1 N–H and O–H groups in total. The van der Waals surface area contributed by atoms with E-state index < -0.39 is 0 Å². The average Bonchev–Trinajstić information content (AvgIpc) is 2.62. The SMILES string of the molecule is C[C@H]1CCCC(=NNC(=O)C(c2ccccc2)c2ccccc2)C1. The van der Waals surface area contributed by atoms with E-state index in [0.29, 0.717) is 5.92 Å². The molecule has 0 spiro atoms. The summed E-state index contributed by atoms with van der Waals surface area (Å²) in [6.07, 6.45) is 4.40. The number of nitrogens with one attached hydrogen (secondary N) is 1. The molecule has 1 aliphatic carbocycles. The van der Waals surface area contributed by atoms with Crippen molar-refractivity contribution in [1.82, 2.24) is 5.43 Å². The molecule has 1 amide bonds. The van der Waals surface area contributed by atoms with E-state index in [-0.39, 0.29) is 11.8 Å². The molecule has 2 aromatic rings. The van der Waals surface area contributed by atoms with Gasteiger partial charge in [0.1, 0.15) is 0 Å². The number of hydrazone groups is 1. The van der Waals surface area contributed by atoms with Crippen molar-refractivity contribution in [2.75, 3.05) is 0 Å². The van der Waals surface area contributed by atoms with Gasteiger partial charge in [0.15, 0.2) is 0 Å². The third-order valence-corrected chi connectivity index (χ3v) is 4.60. The van der Waals surface area contributed by atoms with Crippen LogP contribution in [-0.2, 0) is 4.79 Å². The molecule has 3 nitrogen and oxygen atoms in total. The van der Waals surface area contributed by atoms with Crippen molar-refractivity contribution in [1.29, 1.82) is 0 Å². The molecule has 1 atom stereocenters. The first-order chi connectivity index (χ1) is 11.7. The fourth-order valence-corrected chi connectivity index (χ4v) is 3.35. The lowest BCUT2D eigenvalue weighted by Crippen LogP contribution is -2.28. The predicted octanol–water partition coefficient (Wildman–Crippen LogP) is 4.50. The van der Waals surface area contributed by atoms with Crippen molar-refractivity contribution in [2.45, 2.75) is 38.5 Å². The van der Waals surface area contributed by atoms with Crippen molar-refractivity contribution in [3.63, 3.8) is 0 Å². The number of benzene rings is 2. The molecule has 0 saturated heterocycles. The van der Waals surface area contributed by atoms with E-state index in [1.165, 1.54) is 6.42 Å². The Balaban J connectivity index is 1.81. The van der Waals surface area contributed by atoms with Crippen molar-refractivity contribution in [3.8, 4) is 0 Å². The van der Waals surface area contributed by atoms with Gasteiger partial charge in [0.2, 0.25) is 0 Å². The number of nitrogens with zero attached hydrogens (tertiary/aromatic N) is 1. The van der Waals surface area contributed by atoms with Crippen LogP contribution in [0.2, 0.25) is 0 Å². The minimum Gasteiger partial charge on any atom is -0.272 e. The van der Waals surface area contributed by atoms with Crippen LogP contribution in [0.1, 0.15) is 49.7 Å². The topological polar surface area (TPSA) is 41.5 Å². The monoisotopic (exact) mass is 320 g/mol. The predicted molar refractivity (Wildman–Crippen MR) is 97.9 cm³/mol. The molecular formula is C21H24N2O. The first kappa shape index (κ1) is 16.4. The quantitative estimate of drug-likeness (QED) is 0.828. The van der Waals surface area contributed by atoms with Crippen LogP contribution in [0.4, 0.5) is 0 Å². The van der Waals surface area contributed by atoms with Gasteiger partial charge in [-0.1, -0.05) is 67.6 Å². The summed E-state index contributed by atoms with van der Waals surface area (Å²) in [5, 5.41) is 4.42. The fraction of sp³-hybridized carbons (Fsp3) is 0.333. The summed E-state index contributed by atoms with van der Waals surface area (Å²) >= 11 is 0. The number of rotatable bonds is 4. The second-order valence-corrected chi connectivity index (χ2v) is 6.61. The van der Waals surface area contributed by atoms with Crippen LogP contribution < -0.4 is 5.43 Å². The van der Waals surface area contributed by atoms with Gasteiger partial charge in [-0.3, -0.25) is 4.79 Å². The Morgan fingerprint density at radius 1 is 1.04 bits per heavy atom. The van der Waals surface area contributed by atoms with E-state index in [2.05, 4.69) is 17.5 Å². The molecule has 2 aromatic carbocycles. The minimum absolute atomic E-state index is 0.0712. The van der Waals surface area contributed by atoms with E-state index in [0.717, 1.165) is 36.1 Å². The van der Waals surface area contributed by atoms with Crippen LogP contribution in [0, 0.1) is 5.92 Å². The maximum atomic E-state index is 12.9. The zero-order valence-corrected chi connectivity index (χ0v) is 14.1. The fourth-order valence-electron chi connectivity index (χ4n) is 3.35. The molecule has 1 saturated carbocycles. The second-order valence-electron chi connectivity index (χ2n) is 6.61. The molecular weight excluding hydrogens is 296 g/mol. The molecule has 24 heavy (non-hydrogen) atoms. The Bertz CT molecular complexity index is 655. The van der Waals surface area contributed by atoms with Gasteiger partial charge in [-0.15, -0.1) is 0 Å². The standard InChI is InChI=1S/C21H24N2O/c1-16-9-8-14-19(15-16)22-23-21(24)20(17-10-4-2-5-11-17)18-12-6-3-7-13-18/h2-7,10-13,16,20H,8-9,14-15H2,1H3,(H,23,24)/t16-/m0/s1. The largest absolute Gasteiger partial charge is 0.272 e. The van der Waals surface area contributed by atoms with Crippen molar-refractivity contribution in [3.05, 3.63) is 71.8 Å². The summed E-state index contributed by atoms with van der Waals surface area (Å²) in [6.45, 7) is 2.24. The number of hydrogen-bond acceptors (Lipinski definition) is 2. The highest BCUT2D eigenvalue weighted by Crippen LogP contribution is 2.25. The number of amides is 1. The van der Waals surface area contributed by atoms with Crippen LogP contribution in [0.15, 0.2) is 65.8 Å². The lowest BCUT2D eigenvalue weighted by atomic mass is 9.89. The van der Waals surface area contributed by atoms with Gasteiger partial charge >= 0.3 is 0 Å². The van der Waals surface area contributed by atoms with Crippen LogP contribution >= 0.6 is 0 Å². The molecule has 124 valence electrons. The Kier molecular flexibility index (Phi) is 5.42. The lowest BCUT2D eigenvalue weighted by molar-refractivity contribution is -0.121. The minimum atomic E-state index is -0.335. The molecule has 0 radical (unpaired) electrons. The Morgan fingerprint density at radius 2 is 1.62 bits per heavy atom. The van der Waals surface area contributed by atoms with E-state index >= 15 is 0 Å². The highest BCUT2D eigenvalue weighted by atomic mass is 16.2. The summed E-state index contributed by atoms with van der Waals surface area (Å²) in [5.74, 6) is 0.254. The summed E-state index contributed by atoms with van der Waals surface area (Å²) in [6, 6.07) is 19.8. The summed E-state index contributed by atoms with van der Waals surface area (Å²) in [7, 11) is 0. The van der Waals surface area contributed by atoms with E-state index in [1.807, 2.05) is 60.7 Å². The summed E-state index contributed by atoms with van der Waals surface area (Å²) in [4.78, 5) is 12.9. The normalized spacial score (nSPS) is 19.4. The van der Waals surface area contributed by atoms with E-state index in [4.69, 9.17) is 0 Å². The van der Waals surface area contributed by atoms with Crippen LogP contribution in [0.3, 0.4) is 0 Å². The molecule has 0 heterocycles. The van der Waals surface area contributed by atoms with Gasteiger partial charge in [0.05, 0.1) is 5.92 Å². The number of carbonyl (C=O) groups excluding carboxylic acids is 1. The first-order valence-electron chi connectivity index (χ1n) is 8.69. The summed E-state index contributed by atoms with van der Waals surface area (Å²) in [5.41, 5.74) is 5.90. The molecule has 0 bridgehead atoms. The lowest BCUT2D eigenvalue weighted by Gasteiger charge is -2.20. The third-order valence-electron chi connectivity index (χ3n) is 4.60. The van der Waals surface area contributed by atoms with Gasteiger partial charge in [-0.2, -0.15) is 5.10 Å². The summed E-state index contributed by atoms with van der Waals surface area (Å²) < 4.78 is 0. The van der Waals surface area contributed by atoms with E-state index in [9.17, 15) is 4.79 Å². The van der Waals surface area contributed by atoms with Gasteiger partial charge in [-0.25, -0.2) is 5.43 Å². The average molecular weight is 320 g/mol. The van der Waals surface area contributed by atoms with Gasteiger partial charge in [-0.05, 0) is 42.7 Å². The Morgan fingerprint density at radius 3 is 2.17 bits per heavy atom. The van der Waals surface area contributed by atoms with Crippen LogP contribution in [0.5, 0.6) is 0 Å². The highest BCUT2D eigenvalue weighted by molar-refractivity contribution is 5.90. The highest BCUT2D eigenvalue weighted by Gasteiger charge is 2.23. The molecule has 1 fully saturated rings. The Hall–Kier alpha value is -2.42. The molecule has 3 heteroatoms. The smallest absolute Gasteiger partial charge is 0.252 e. The number of hydrogen-bond donors (Lipinski definition) is 1. The van der Waals surface area contributed by atoms with Gasteiger partial charge in [0, 0.05) is 5.71 Å². The molecule has 0 aromatic heterocycles. The van der Waals surface area contributed by atoms with Crippen molar-refractivity contribution < 1.29 is 4.79 Å². The molecule has 0 unspecified atom stereocenters. The van der Waals surface area contributed by atoms with E-state index in [1.54, 1.807) is 0 Å². The van der Waals surface area contributed by atoms with Crippen molar-refractivity contribution in [2.24, 2.45) is 11.0 Å². The maximum Gasteiger partial charge on any atom is 0.252 e. The third kappa shape index (κ3) is 4.10. The van der Waals surface area contributed by atoms with Gasteiger partial charge < -0.3 is 0 Å². The zero-order chi connectivity index (χ0) is 16.8. The first-order valence-corrected chi connectivity index (χ1v) is 8.69. The van der Waals surface area contributed by atoms with Crippen molar-refractivity contribution >= 4 is 11.6 Å².